The zero-order chi connectivity index (χ0) is 4.57. The summed E-state index contributed by atoms with van der Waals surface area (Å²) >= 11 is 2.35. The van der Waals surface area contributed by atoms with E-state index >= 15 is 0 Å². The third-order valence-corrected chi connectivity index (χ3v) is 2.30. The quantitative estimate of drug-likeness (QED) is 0.349. The molecule has 0 saturated carbocycles. The highest BCUT2D eigenvalue weighted by Crippen LogP contribution is 2.24. The molecule has 1 heterocycles. The number of hydrogen-bond acceptors (Lipinski definition) is 1. The summed E-state index contributed by atoms with van der Waals surface area (Å²) in [5.41, 5.74) is 0. The smallest absolute Gasteiger partial charge is 0.0327 e. The average molecular weight is 197 g/mol. The van der Waals surface area contributed by atoms with Gasteiger partial charge in [-0.05, 0) is 6.42 Å². The van der Waals surface area contributed by atoms with E-state index in [1.165, 1.54) is 13.0 Å². The fraction of sp³-hybridized carbons (Fsp3) is 1.00. The second-order valence-electron chi connectivity index (χ2n) is 1.64. The maximum atomic E-state index is 2.35. The molecular weight excluding hydrogens is 189 g/mol. The first-order chi connectivity index (χ1) is 2.84. The molecular formula is C4H8IN. The van der Waals surface area contributed by atoms with E-state index in [9.17, 15) is 0 Å². The predicted octanol–water partition coefficient (Wildman–Crippen LogP) is 1.43. The lowest BCUT2D eigenvalue weighted by Crippen LogP contribution is -1.81. The molecule has 0 aromatic rings. The Morgan fingerprint density at radius 3 is 2.50 bits per heavy atom. The minimum Gasteiger partial charge on any atom is -0.242 e. The average Bonchev–Trinajstić information content (AvgIpc) is 2.19. The second kappa shape index (κ2) is 1.66. The molecule has 0 bridgehead atoms. The lowest BCUT2D eigenvalue weighted by molar-refractivity contribution is 0.799. The summed E-state index contributed by atoms with van der Waals surface area (Å²) in [7, 11) is 0. The topological polar surface area (TPSA) is 3.01 Å². The Hall–Kier alpha value is 0.690. The first-order valence-electron chi connectivity index (χ1n) is 2.27. The van der Waals surface area contributed by atoms with Crippen molar-refractivity contribution in [2.75, 3.05) is 6.54 Å². The summed E-state index contributed by atoms with van der Waals surface area (Å²) in [6.07, 6.45) is 1.32. The van der Waals surface area contributed by atoms with Gasteiger partial charge in [0.05, 0.1) is 0 Å². The van der Waals surface area contributed by atoms with Crippen molar-refractivity contribution in [3.05, 3.63) is 0 Å². The molecule has 36 valence electrons. The summed E-state index contributed by atoms with van der Waals surface area (Å²) in [4.78, 5) is 0. The molecule has 1 aliphatic heterocycles. The van der Waals surface area contributed by atoms with Crippen LogP contribution < -0.4 is 0 Å². The third-order valence-electron chi connectivity index (χ3n) is 1.12. The van der Waals surface area contributed by atoms with E-state index in [1.807, 2.05) is 0 Å². The SMILES string of the molecule is CCC1CN1I. The Kier molecular flexibility index (Phi) is 1.34. The van der Waals surface area contributed by atoms with Crippen LogP contribution in [0.2, 0.25) is 0 Å². The lowest BCUT2D eigenvalue weighted by Gasteiger charge is -1.80. The third kappa shape index (κ3) is 0.846. The number of rotatable bonds is 1. The summed E-state index contributed by atoms with van der Waals surface area (Å²) in [5.74, 6) is 0. The van der Waals surface area contributed by atoms with Crippen LogP contribution in [0, 0.1) is 0 Å². The van der Waals surface area contributed by atoms with Crippen LogP contribution in [0.1, 0.15) is 13.3 Å². The van der Waals surface area contributed by atoms with E-state index in [0.717, 1.165) is 6.04 Å². The molecule has 2 unspecified atom stereocenters. The summed E-state index contributed by atoms with van der Waals surface area (Å²) in [5, 5.41) is 0. The van der Waals surface area contributed by atoms with Gasteiger partial charge < -0.3 is 0 Å². The Morgan fingerprint density at radius 2 is 2.50 bits per heavy atom. The molecule has 1 rings (SSSR count). The van der Waals surface area contributed by atoms with Crippen LogP contribution in [0.5, 0.6) is 0 Å². The standard InChI is InChI=1S/C4H8IN/c1-2-4-3-6(4)5/h4H,2-3H2,1H3. The highest BCUT2D eigenvalue weighted by Gasteiger charge is 2.28. The highest BCUT2D eigenvalue weighted by molar-refractivity contribution is 14.1. The molecule has 0 aromatic carbocycles. The van der Waals surface area contributed by atoms with Crippen molar-refractivity contribution in [2.45, 2.75) is 19.4 Å². The van der Waals surface area contributed by atoms with Crippen molar-refractivity contribution < 1.29 is 0 Å². The van der Waals surface area contributed by atoms with E-state index in [4.69, 9.17) is 0 Å². The normalized spacial score (nSPS) is 43.0. The summed E-state index contributed by atoms with van der Waals surface area (Å²) in [6, 6.07) is 0.922. The zero-order valence-corrected chi connectivity index (χ0v) is 5.97. The maximum absolute atomic E-state index is 2.35. The van der Waals surface area contributed by atoms with Crippen molar-refractivity contribution in [3.8, 4) is 0 Å². The van der Waals surface area contributed by atoms with E-state index in [-0.39, 0.29) is 0 Å². The van der Waals surface area contributed by atoms with Crippen molar-refractivity contribution in [3.63, 3.8) is 0 Å². The Morgan fingerprint density at radius 1 is 2.00 bits per heavy atom. The van der Waals surface area contributed by atoms with Crippen LogP contribution in [0.3, 0.4) is 0 Å². The molecule has 2 atom stereocenters. The lowest BCUT2D eigenvalue weighted by atomic mass is 10.4. The number of nitrogens with zero attached hydrogens (tertiary/aromatic N) is 1. The molecule has 1 fully saturated rings. The Bertz CT molecular complexity index is 53.5. The summed E-state index contributed by atoms with van der Waals surface area (Å²) in [6.45, 7) is 3.54. The van der Waals surface area contributed by atoms with Gasteiger partial charge >= 0.3 is 0 Å². The van der Waals surface area contributed by atoms with Crippen molar-refractivity contribution >= 4 is 22.9 Å². The zero-order valence-electron chi connectivity index (χ0n) is 3.82. The molecule has 0 radical (unpaired) electrons. The van der Waals surface area contributed by atoms with Crippen LogP contribution in [-0.2, 0) is 0 Å². The second-order valence-corrected chi connectivity index (χ2v) is 2.88. The van der Waals surface area contributed by atoms with Crippen LogP contribution in [0.4, 0.5) is 0 Å². The van der Waals surface area contributed by atoms with E-state index in [2.05, 4.69) is 32.9 Å². The van der Waals surface area contributed by atoms with Gasteiger partial charge in [0.25, 0.3) is 0 Å². The van der Waals surface area contributed by atoms with Crippen molar-refractivity contribution in [2.24, 2.45) is 0 Å². The van der Waals surface area contributed by atoms with Gasteiger partial charge in [0.2, 0.25) is 0 Å². The first kappa shape index (κ1) is 4.84. The van der Waals surface area contributed by atoms with Gasteiger partial charge in [-0.1, -0.05) is 6.92 Å². The largest absolute Gasteiger partial charge is 0.242 e. The minimum absolute atomic E-state index is 0.922. The van der Waals surface area contributed by atoms with Gasteiger partial charge in [-0.2, -0.15) is 0 Å². The van der Waals surface area contributed by atoms with Gasteiger partial charge in [0.1, 0.15) is 0 Å². The van der Waals surface area contributed by atoms with Crippen LogP contribution >= 0.6 is 22.9 Å². The summed E-state index contributed by atoms with van der Waals surface area (Å²) < 4.78 is 2.32. The highest BCUT2D eigenvalue weighted by atomic mass is 127. The molecule has 0 aliphatic carbocycles. The predicted molar refractivity (Wildman–Crippen MR) is 34.8 cm³/mol. The van der Waals surface area contributed by atoms with E-state index < -0.39 is 0 Å². The molecule has 0 spiro atoms. The van der Waals surface area contributed by atoms with Crippen LogP contribution in [0.15, 0.2) is 0 Å². The molecule has 2 heteroatoms. The number of halogens is 1. The van der Waals surface area contributed by atoms with Crippen molar-refractivity contribution in [1.82, 2.24) is 3.11 Å². The molecule has 0 amide bonds. The Labute approximate surface area is 52.2 Å². The van der Waals surface area contributed by atoms with E-state index in [1.54, 1.807) is 0 Å². The number of hydrogen-bond donors (Lipinski definition) is 0. The Balaban J connectivity index is 2.09. The van der Waals surface area contributed by atoms with Gasteiger partial charge in [0.15, 0.2) is 0 Å². The van der Waals surface area contributed by atoms with Gasteiger partial charge in [-0.3, -0.25) is 0 Å². The first-order valence-corrected chi connectivity index (χ1v) is 3.23. The van der Waals surface area contributed by atoms with Gasteiger partial charge in [-0.25, -0.2) is 3.11 Å². The molecule has 1 nitrogen and oxygen atoms in total. The fourth-order valence-electron chi connectivity index (χ4n) is 0.481. The molecule has 0 aromatic heterocycles. The van der Waals surface area contributed by atoms with Crippen molar-refractivity contribution in [1.29, 1.82) is 0 Å². The van der Waals surface area contributed by atoms with Crippen LogP contribution in [-0.4, -0.2) is 15.7 Å². The molecule has 1 saturated heterocycles. The van der Waals surface area contributed by atoms with E-state index in [0.29, 0.717) is 0 Å². The monoisotopic (exact) mass is 197 g/mol. The fourth-order valence-corrected chi connectivity index (χ4v) is 1.33. The minimum atomic E-state index is 0.922. The van der Waals surface area contributed by atoms with Crippen LogP contribution in [0.25, 0.3) is 0 Å². The molecule has 0 N–H and O–H groups in total. The van der Waals surface area contributed by atoms with Gasteiger partial charge in [-0.15, -0.1) is 0 Å². The van der Waals surface area contributed by atoms with Gasteiger partial charge in [0, 0.05) is 35.5 Å². The molecule has 6 heavy (non-hydrogen) atoms. The molecule has 1 aliphatic rings. The maximum Gasteiger partial charge on any atom is 0.0327 e.